The van der Waals surface area contributed by atoms with Crippen LogP contribution in [0.2, 0.25) is 5.15 Å². The summed E-state index contributed by atoms with van der Waals surface area (Å²) in [4.78, 5) is 2.41. The van der Waals surface area contributed by atoms with Crippen molar-refractivity contribution >= 4 is 11.6 Å². The molecule has 2 rings (SSSR count). The van der Waals surface area contributed by atoms with E-state index in [4.69, 9.17) is 16.0 Å². The lowest BCUT2D eigenvalue weighted by atomic mass is 10.0. The van der Waals surface area contributed by atoms with Crippen LogP contribution in [-0.2, 0) is 26.6 Å². The molecule has 0 spiro atoms. The van der Waals surface area contributed by atoms with Crippen molar-refractivity contribution in [1.29, 1.82) is 0 Å². The average molecular weight is 324 g/mol. The van der Waals surface area contributed by atoms with Gasteiger partial charge in [0.25, 0.3) is 0 Å². The first kappa shape index (κ1) is 17.1. The normalized spacial score (nSPS) is 13.3. The van der Waals surface area contributed by atoms with Gasteiger partial charge in [-0.3, -0.25) is 9.58 Å². The fourth-order valence-electron chi connectivity index (χ4n) is 2.61. The molecule has 0 saturated carbocycles. The summed E-state index contributed by atoms with van der Waals surface area (Å²) in [5.41, 5.74) is 2.21. The number of rotatable bonds is 7. The summed E-state index contributed by atoms with van der Waals surface area (Å²) in [5.74, 6) is 1.53. The van der Waals surface area contributed by atoms with Gasteiger partial charge < -0.3 is 4.42 Å². The predicted octanol–water partition coefficient (Wildman–Crippen LogP) is 4.28. The summed E-state index contributed by atoms with van der Waals surface area (Å²) >= 11 is 6.45. The van der Waals surface area contributed by atoms with Crippen LogP contribution in [0.3, 0.4) is 0 Å². The van der Waals surface area contributed by atoms with Gasteiger partial charge in [0.15, 0.2) is 0 Å². The Labute approximate surface area is 138 Å². The Morgan fingerprint density at radius 1 is 1.32 bits per heavy atom. The molecule has 1 atom stereocenters. The molecule has 0 amide bonds. The third-order valence-corrected chi connectivity index (χ3v) is 4.80. The standard InChI is InChI=1S/C17H26ClN3O/c1-6-16-15(17(18)20(5)19-16)11-21(13(4)12(2)3)10-14-8-7-9-22-14/h7-9,12-13H,6,10-11H2,1-5H3. The Hall–Kier alpha value is -1.26. The smallest absolute Gasteiger partial charge is 0.131 e. The summed E-state index contributed by atoms with van der Waals surface area (Å²) in [7, 11) is 1.90. The Morgan fingerprint density at radius 2 is 2.05 bits per heavy atom. The first-order chi connectivity index (χ1) is 10.4. The highest BCUT2D eigenvalue weighted by atomic mass is 35.5. The molecule has 0 radical (unpaired) electrons. The minimum atomic E-state index is 0.422. The van der Waals surface area contributed by atoms with Gasteiger partial charge >= 0.3 is 0 Å². The van der Waals surface area contributed by atoms with E-state index in [0.717, 1.165) is 41.7 Å². The lowest BCUT2D eigenvalue weighted by Crippen LogP contribution is -2.35. The van der Waals surface area contributed by atoms with E-state index in [-0.39, 0.29) is 0 Å². The topological polar surface area (TPSA) is 34.2 Å². The predicted molar refractivity (Wildman–Crippen MR) is 89.9 cm³/mol. The van der Waals surface area contributed by atoms with Crippen molar-refractivity contribution < 1.29 is 4.42 Å². The van der Waals surface area contributed by atoms with E-state index >= 15 is 0 Å². The van der Waals surface area contributed by atoms with E-state index in [2.05, 4.69) is 37.7 Å². The minimum Gasteiger partial charge on any atom is -0.468 e. The highest BCUT2D eigenvalue weighted by Gasteiger charge is 2.23. The quantitative estimate of drug-likeness (QED) is 0.763. The van der Waals surface area contributed by atoms with Crippen LogP contribution >= 0.6 is 11.6 Å². The second-order valence-corrected chi connectivity index (χ2v) is 6.52. The molecule has 2 heterocycles. The summed E-state index contributed by atoms with van der Waals surface area (Å²) in [6.07, 6.45) is 2.61. The summed E-state index contributed by atoms with van der Waals surface area (Å²) in [5, 5.41) is 5.25. The Morgan fingerprint density at radius 3 is 2.59 bits per heavy atom. The number of aryl methyl sites for hydroxylation is 2. The van der Waals surface area contributed by atoms with E-state index in [9.17, 15) is 0 Å². The summed E-state index contributed by atoms with van der Waals surface area (Å²) < 4.78 is 7.29. The minimum absolute atomic E-state index is 0.422. The molecule has 0 N–H and O–H groups in total. The summed E-state index contributed by atoms with van der Waals surface area (Å²) in [6, 6.07) is 4.37. The molecule has 0 aliphatic heterocycles. The third kappa shape index (κ3) is 3.73. The van der Waals surface area contributed by atoms with Crippen LogP contribution < -0.4 is 0 Å². The molecule has 0 aliphatic carbocycles. The van der Waals surface area contributed by atoms with Gasteiger partial charge in [-0.15, -0.1) is 0 Å². The lowest BCUT2D eigenvalue weighted by molar-refractivity contribution is 0.140. The Kier molecular flexibility index (Phi) is 5.70. The molecule has 0 saturated heterocycles. The molecule has 122 valence electrons. The van der Waals surface area contributed by atoms with Crippen molar-refractivity contribution in [2.75, 3.05) is 0 Å². The van der Waals surface area contributed by atoms with E-state index in [1.165, 1.54) is 0 Å². The molecule has 1 unspecified atom stereocenters. The fraction of sp³-hybridized carbons (Fsp3) is 0.588. The molecule has 0 aromatic carbocycles. The first-order valence-corrected chi connectivity index (χ1v) is 8.28. The van der Waals surface area contributed by atoms with Gasteiger partial charge in [0.1, 0.15) is 10.9 Å². The van der Waals surface area contributed by atoms with E-state index < -0.39 is 0 Å². The van der Waals surface area contributed by atoms with E-state index in [1.807, 2.05) is 19.2 Å². The van der Waals surface area contributed by atoms with Gasteiger partial charge in [-0.1, -0.05) is 32.4 Å². The lowest BCUT2D eigenvalue weighted by Gasteiger charge is -2.31. The van der Waals surface area contributed by atoms with Crippen molar-refractivity contribution in [2.24, 2.45) is 13.0 Å². The maximum atomic E-state index is 6.45. The zero-order chi connectivity index (χ0) is 16.3. The van der Waals surface area contributed by atoms with Gasteiger partial charge in [0.2, 0.25) is 0 Å². The zero-order valence-electron chi connectivity index (χ0n) is 14.1. The highest BCUT2D eigenvalue weighted by molar-refractivity contribution is 6.30. The van der Waals surface area contributed by atoms with Crippen molar-refractivity contribution in [1.82, 2.24) is 14.7 Å². The van der Waals surface area contributed by atoms with Gasteiger partial charge in [0.05, 0.1) is 18.5 Å². The van der Waals surface area contributed by atoms with Gasteiger partial charge in [-0.05, 0) is 31.4 Å². The van der Waals surface area contributed by atoms with E-state index in [0.29, 0.717) is 12.0 Å². The second kappa shape index (κ2) is 7.34. The van der Waals surface area contributed by atoms with Crippen LogP contribution in [0.1, 0.15) is 44.7 Å². The maximum Gasteiger partial charge on any atom is 0.131 e. The zero-order valence-corrected chi connectivity index (χ0v) is 14.9. The van der Waals surface area contributed by atoms with Crippen LogP contribution in [0.5, 0.6) is 0 Å². The number of nitrogens with zero attached hydrogens (tertiary/aromatic N) is 3. The van der Waals surface area contributed by atoms with Gasteiger partial charge in [-0.2, -0.15) is 5.10 Å². The Balaban J connectivity index is 2.26. The molecular formula is C17H26ClN3O. The maximum absolute atomic E-state index is 6.45. The Bertz CT molecular complexity index is 589. The van der Waals surface area contributed by atoms with Crippen molar-refractivity contribution in [3.63, 3.8) is 0 Å². The largest absolute Gasteiger partial charge is 0.468 e. The van der Waals surface area contributed by atoms with Crippen LogP contribution in [-0.4, -0.2) is 20.7 Å². The molecule has 2 aromatic rings. The van der Waals surface area contributed by atoms with Crippen molar-refractivity contribution in [2.45, 2.75) is 53.2 Å². The van der Waals surface area contributed by atoms with Crippen LogP contribution in [0.25, 0.3) is 0 Å². The number of furan rings is 1. The average Bonchev–Trinajstić information content (AvgIpc) is 3.08. The van der Waals surface area contributed by atoms with Crippen LogP contribution in [0, 0.1) is 5.92 Å². The van der Waals surface area contributed by atoms with Crippen molar-refractivity contribution in [3.05, 3.63) is 40.6 Å². The molecule has 22 heavy (non-hydrogen) atoms. The summed E-state index contributed by atoms with van der Waals surface area (Å²) in [6.45, 7) is 10.4. The highest BCUT2D eigenvalue weighted by Crippen LogP contribution is 2.25. The number of halogens is 1. The molecule has 0 fully saturated rings. The molecule has 0 aliphatic rings. The molecule has 0 bridgehead atoms. The third-order valence-electron chi connectivity index (χ3n) is 4.33. The van der Waals surface area contributed by atoms with Crippen molar-refractivity contribution in [3.8, 4) is 0 Å². The SMILES string of the molecule is CCc1nn(C)c(Cl)c1CN(Cc1ccco1)C(C)C(C)C. The van der Waals surface area contributed by atoms with Crippen LogP contribution in [0.4, 0.5) is 0 Å². The number of aromatic nitrogens is 2. The molecule has 5 heteroatoms. The second-order valence-electron chi connectivity index (χ2n) is 6.16. The van der Waals surface area contributed by atoms with Gasteiger partial charge in [-0.25, -0.2) is 0 Å². The fourth-order valence-corrected chi connectivity index (χ4v) is 2.82. The number of hydrogen-bond donors (Lipinski definition) is 0. The molecule has 2 aromatic heterocycles. The molecule has 4 nitrogen and oxygen atoms in total. The number of hydrogen-bond acceptors (Lipinski definition) is 3. The first-order valence-electron chi connectivity index (χ1n) is 7.90. The van der Waals surface area contributed by atoms with E-state index in [1.54, 1.807) is 10.9 Å². The van der Waals surface area contributed by atoms with Crippen LogP contribution in [0.15, 0.2) is 22.8 Å². The molecular weight excluding hydrogens is 298 g/mol. The monoisotopic (exact) mass is 323 g/mol. The van der Waals surface area contributed by atoms with Gasteiger partial charge in [0, 0.05) is 25.2 Å².